The highest BCUT2D eigenvalue weighted by Crippen LogP contribution is 2.50. The van der Waals surface area contributed by atoms with E-state index < -0.39 is 24.5 Å². The van der Waals surface area contributed by atoms with Crippen LogP contribution in [0.5, 0.6) is 11.5 Å². The van der Waals surface area contributed by atoms with Gasteiger partial charge < -0.3 is 24.6 Å². The molecule has 1 aromatic rings. The van der Waals surface area contributed by atoms with Crippen LogP contribution in [0, 0.1) is 0 Å². The number of carbonyl (C=O) groups excluding carboxylic acids is 2. The van der Waals surface area contributed by atoms with E-state index in [4.69, 9.17) is 14.6 Å². The summed E-state index contributed by atoms with van der Waals surface area (Å²) < 4.78 is 11.1. The molecule has 3 aliphatic rings. The summed E-state index contributed by atoms with van der Waals surface area (Å²) in [6.45, 7) is 2.91. The smallest absolute Gasteiger partial charge is 0.341 e. The molecule has 2 N–H and O–H groups in total. The molecule has 36 heavy (non-hydrogen) atoms. The molecule has 1 heterocycles. The first kappa shape index (κ1) is 25.2. The van der Waals surface area contributed by atoms with E-state index in [-0.39, 0.29) is 29.6 Å². The Bertz CT molecular complexity index is 1160. The van der Waals surface area contributed by atoms with Gasteiger partial charge in [0.1, 0.15) is 6.54 Å². The number of benzene rings is 1. The highest BCUT2D eigenvalue weighted by molar-refractivity contribution is 6.06. The Morgan fingerprint density at radius 3 is 2.14 bits per heavy atom. The molecule has 9 nitrogen and oxygen atoms in total. The normalized spacial score (nSPS) is 18.1. The SMILES string of the molecule is C=CCc1cc(C2C3=C(CCCC3=O)N(CC(=O)O)C3=C2C(=O)CCC3)cc(OC)c1OCC(=O)O. The van der Waals surface area contributed by atoms with Crippen molar-refractivity contribution in [1.82, 2.24) is 4.90 Å². The number of carboxylic acids is 2. The molecule has 0 radical (unpaired) electrons. The molecular weight excluding hydrogens is 466 g/mol. The fourth-order valence-electron chi connectivity index (χ4n) is 5.48. The number of ether oxygens (including phenoxy) is 2. The lowest BCUT2D eigenvalue weighted by molar-refractivity contribution is -0.139. The van der Waals surface area contributed by atoms with Gasteiger partial charge in [-0.3, -0.25) is 14.4 Å². The molecule has 4 rings (SSSR count). The van der Waals surface area contributed by atoms with E-state index >= 15 is 0 Å². The monoisotopic (exact) mass is 495 g/mol. The zero-order chi connectivity index (χ0) is 26.0. The number of nitrogens with zero attached hydrogens (tertiary/aromatic N) is 1. The Kier molecular flexibility index (Phi) is 7.28. The third-order valence-electron chi connectivity index (χ3n) is 6.79. The second-order valence-corrected chi connectivity index (χ2v) is 9.07. The third kappa shape index (κ3) is 4.65. The molecule has 190 valence electrons. The maximum atomic E-state index is 13.3. The molecule has 0 spiro atoms. The molecule has 0 amide bonds. The van der Waals surface area contributed by atoms with Crippen LogP contribution in [-0.4, -0.2) is 58.9 Å². The number of ketones is 2. The van der Waals surface area contributed by atoms with Crippen molar-refractivity contribution < 1.29 is 38.9 Å². The summed E-state index contributed by atoms with van der Waals surface area (Å²) in [5.41, 5.74) is 3.52. The van der Waals surface area contributed by atoms with Crippen LogP contribution < -0.4 is 9.47 Å². The van der Waals surface area contributed by atoms with Gasteiger partial charge in [-0.05, 0) is 43.7 Å². The molecule has 0 saturated heterocycles. The number of carboxylic acid groups (broad SMARTS) is 2. The summed E-state index contributed by atoms with van der Waals surface area (Å²) in [6, 6.07) is 3.48. The average molecular weight is 496 g/mol. The van der Waals surface area contributed by atoms with Crippen molar-refractivity contribution in [3.8, 4) is 11.5 Å². The highest BCUT2D eigenvalue weighted by atomic mass is 16.5. The molecule has 0 unspecified atom stereocenters. The van der Waals surface area contributed by atoms with Crippen molar-refractivity contribution in [2.75, 3.05) is 20.3 Å². The van der Waals surface area contributed by atoms with E-state index in [0.29, 0.717) is 78.6 Å². The van der Waals surface area contributed by atoms with Crippen molar-refractivity contribution in [1.29, 1.82) is 0 Å². The minimum atomic E-state index is -1.14. The van der Waals surface area contributed by atoms with Crippen LogP contribution in [0.2, 0.25) is 0 Å². The molecule has 0 atom stereocenters. The van der Waals surface area contributed by atoms with E-state index in [1.165, 1.54) is 7.11 Å². The van der Waals surface area contributed by atoms with Gasteiger partial charge in [-0.2, -0.15) is 0 Å². The van der Waals surface area contributed by atoms with Crippen molar-refractivity contribution in [3.05, 3.63) is 58.5 Å². The topological polar surface area (TPSA) is 130 Å². The van der Waals surface area contributed by atoms with E-state index in [1.807, 2.05) is 0 Å². The fraction of sp³-hybridized carbons (Fsp3) is 0.407. The van der Waals surface area contributed by atoms with Gasteiger partial charge in [0.05, 0.1) is 7.11 Å². The van der Waals surface area contributed by atoms with Gasteiger partial charge in [-0.15, -0.1) is 6.58 Å². The molecule has 0 saturated carbocycles. The van der Waals surface area contributed by atoms with Crippen LogP contribution in [0.4, 0.5) is 0 Å². The zero-order valence-corrected chi connectivity index (χ0v) is 20.2. The zero-order valence-electron chi connectivity index (χ0n) is 20.2. The van der Waals surface area contributed by atoms with Crippen LogP contribution in [0.15, 0.2) is 47.3 Å². The lowest BCUT2D eigenvalue weighted by Crippen LogP contribution is -2.41. The third-order valence-corrected chi connectivity index (χ3v) is 6.79. The summed E-state index contributed by atoms with van der Waals surface area (Å²) in [7, 11) is 1.44. The number of Topliss-reactive ketones (excluding diaryl/α,β-unsaturated/α-hetero) is 2. The molecule has 0 fully saturated rings. The van der Waals surface area contributed by atoms with Crippen molar-refractivity contribution in [2.45, 2.75) is 50.9 Å². The second-order valence-electron chi connectivity index (χ2n) is 9.07. The largest absolute Gasteiger partial charge is 0.493 e. The number of allylic oxidation sites excluding steroid dienone is 5. The molecule has 1 aromatic carbocycles. The minimum absolute atomic E-state index is 0.1000. The molecule has 9 heteroatoms. The van der Waals surface area contributed by atoms with E-state index in [0.717, 1.165) is 0 Å². The van der Waals surface area contributed by atoms with Crippen LogP contribution in [0.1, 0.15) is 55.6 Å². The van der Waals surface area contributed by atoms with Crippen LogP contribution in [0.3, 0.4) is 0 Å². The fourth-order valence-corrected chi connectivity index (χ4v) is 5.48. The number of methoxy groups -OCH3 is 1. The number of rotatable bonds is 9. The highest BCUT2D eigenvalue weighted by Gasteiger charge is 2.44. The van der Waals surface area contributed by atoms with Gasteiger partial charge in [0, 0.05) is 46.9 Å². The van der Waals surface area contributed by atoms with Crippen molar-refractivity contribution >= 4 is 23.5 Å². The average Bonchev–Trinajstić information content (AvgIpc) is 2.83. The quantitative estimate of drug-likeness (QED) is 0.495. The van der Waals surface area contributed by atoms with E-state index in [2.05, 4.69) is 6.58 Å². The van der Waals surface area contributed by atoms with Gasteiger partial charge in [-0.1, -0.05) is 12.1 Å². The first-order chi connectivity index (χ1) is 17.3. The Labute approximate surface area is 208 Å². The number of carbonyl (C=O) groups is 4. The molecular formula is C27H29NO8. The maximum absolute atomic E-state index is 13.3. The summed E-state index contributed by atoms with van der Waals surface area (Å²) >= 11 is 0. The lowest BCUT2D eigenvalue weighted by atomic mass is 9.70. The van der Waals surface area contributed by atoms with Gasteiger partial charge in [0.15, 0.2) is 29.7 Å². The predicted molar refractivity (Wildman–Crippen MR) is 129 cm³/mol. The predicted octanol–water partition coefficient (Wildman–Crippen LogP) is 3.39. The number of aliphatic carboxylic acids is 2. The minimum Gasteiger partial charge on any atom is -0.493 e. The summed E-state index contributed by atoms with van der Waals surface area (Å²) in [5, 5.41) is 18.7. The Morgan fingerprint density at radius 2 is 1.64 bits per heavy atom. The van der Waals surface area contributed by atoms with Gasteiger partial charge in [0.25, 0.3) is 0 Å². The first-order valence-electron chi connectivity index (χ1n) is 11.9. The maximum Gasteiger partial charge on any atom is 0.341 e. The van der Waals surface area contributed by atoms with Crippen LogP contribution >= 0.6 is 0 Å². The Hall–Kier alpha value is -3.88. The van der Waals surface area contributed by atoms with Crippen molar-refractivity contribution in [3.63, 3.8) is 0 Å². The van der Waals surface area contributed by atoms with Crippen LogP contribution in [-0.2, 0) is 25.6 Å². The molecule has 1 aliphatic heterocycles. The van der Waals surface area contributed by atoms with Gasteiger partial charge in [-0.25, -0.2) is 4.79 Å². The first-order valence-corrected chi connectivity index (χ1v) is 11.9. The number of hydrogen-bond acceptors (Lipinski definition) is 7. The number of hydrogen-bond donors (Lipinski definition) is 2. The van der Waals surface area contributed by atoms with Gasteiger partial charge in [0.2, 0.25) is 0 Å². The summed E-state index contributed by atoms with van der Waals surface area (Å²) in [4.78, 5) is 51.2. The van der Waals surface area contributed by atoms with Gasteiger partial charge >= 0.3 is 11.9 Å². The van der Waals surface area contributed by atoms with Crippen molar-refractivity contribution in [2.24, 2.45) is 0 Å². The Balaban J connectivity index is 1.95. The second kappa shape index (κ2) is 10.4. The van der Waals surface area contributed by atoms with E-state index in [9.17, 15) is 24.3 Å². The van der Waals surface area contributed by atoms with E-state index in [1.54, 1.807) is 23.1 Å². The molecule has 2 aliphatic carbocycles. The standard InChI is InChI=1S/C27H29NO8/c1-3-6-15-11-16(12-21(35-2)27(15)36-14-23(33)34)24-25-17(7-4-9-19(25)29)28(13-22(31)32)18-8-5-10-20(30)26(18)24/h3,11-12,24H,1,4-10,13-14H2,2H3,(H,31,32)(H,33,34). The summed E-state index contributed by atoms with van der Waals surface area (Å²) in [5.74, 6) is -2.48. The van der Waals surface area contributed by atoms with Crippen LogP contribution in [0.25, 0.3) is 0 Å². The molecule has 0 aromatic heterocycles. The lowest BCUT2D eigenvalue weighted by Gasteiger charge is -2.43. The molecule has 0 bridgehead atoms. The Morgan fingerprint density at radius 1 is 1.03 bits per heavy atom. The summed E-state index contributed by atoms with van der Waals surface area (Å²) in [6.07, 6.45) is 4.96.